The number of hydrogen-bond acceptors (Lipinski definition) is 4. The lowest BCUT2D eigenvalue weighted by atomic mass is 10.2. The highest BCUT2D eigenvalue weighted by atomic mass is 127. The summed E-state index contributed by atoms with van der Waals surface area (Å²) in [7, 11) is 1.23. The highest BCUT2D eigenvalue weighted by molar-refractivity contribution is 14.1. The Kier molecular flexibility index (Phi) is 4.59. The summed E-state index contributed by atoms with van der Waals surface area (Å²) in [5.41, 5.74) is -0.152. The van der Waals surface area contributed by atoms with E-state index in [9.17, 15) is 18.0 Å². The van der Waals surface area contributed by atoms with E-state index in [1.807, 2.05) is 0 Å². The molecule has 0 aliphatic heterocycles. The summed E-state index contributed by atoms with van der Waals surface area (Å²) in [6.07, 6.45) is -5.57. The maximum atomic E-state index is 12.2. The van der Waals surface area contributed by atoms with E-state index in [2.05, 4.69) is 9.72 Å². The molecule has 18 heavy (non-hydrogen) atoms. The second-order valence-electron chi connectivity index (χ2n) is 3.05. The standard InChI is InChI=1S/C9H7F3INO4/c1-17-6-3-5(13)4(2-7(15)16)8(14-6)18-9(10,11)12/h3H,2H2,1H3,(H,15,16). The van der Waals surface area contributed by atoms with Crippen LogP contribution in [0.1, 0.15) is 5.56 Å². The van der Waals surface area contributed by atoms with Crippen LogP contribution in [0.4, 0.5) is 13.2 Å². The topological polar surface area (TPSA) is 68.7 Å². The molecular formula is C9H7F3INO4. The lowest BCUT2D eigenvalue weighted by Gasteiger charge is -2.13. The lowest BCUT2D eigenvalue weighted by Crippen LogP contribution is -2.20. The second kappa shape index (κ2) is 5.59. The highest BCUT2D eigenvalue weighted by Crippen LogP contribution is 2.30. The molecule has 1 heterocycles. The van der Waals surface area contributed by atoms with Crippen molar-refractivity contribution < 1.29 is 32.5 Å². The first kappa shape index (κ1) is 14.8. The van der Waals surface area contributed by atoms with Crippen molar-refractivity contribution in [2.24, 2.45) is 0 Å². The Morgan fingerprint density at radius 2 is 2.17 bits per heavy atom. The second-order valence-corrected chi connectivity index (χ2v) is 4.21. The number of aromatic nitrogens is 1. The van der Waals surface area contributed by atoms with Crippen LogP contribution >= 0.6 is 22.6 Å². The number of aliphatic carboxylic acids is 1. The van der Waals surface area contributed by atoms with Crippen molar-refractivity contribution in [3.05, 3.63) is 15.2 Å². The molecule has 100 valence electrons. The summed E-state index contributed by atoms with van der Waals surface area (Å²) in [6.45, 7) is 0. The van der Waals surface area contributed by atoms with E-state index in [4.69, 9.17) is 9.84 Å². The number of nitrogens with zero attached hydrogens (tertiary/aromatic N) is 1. The van der Waals surface area contributed by atoms with E-state index in [0.29, 0.717) is 0 Å². The number of halogens is 4. The van der Waals surface area contributed by atoms with Gasteiger partial charge in [0.1, 0.15) is 0 Å². The SMILES string of the molecule is COc1cc(I)c(CC(=O)O)c(OC(F)(F)F)n1. The van der Waals surface area contributed by atoms with Gasteiger partial charge < -0.3 is 14.6 Å². The van der Waals surface area contributed by atoms with E-state index in [-0.39, 0.29) is 15.0 Å². The first-order valence-electron chi connectivity index (χ1n) is 4.44. The van der Waals surface area contributed by atoms with Gasteiger partial charge in [0, 0.05) is 15.2 Å². The Bertz CT molecular complexity index is 464. The first-order chi connectivity index (χ1) is 8.23. The average Bonchev–Trinajstić information content (AvgIpc) is 2.20. The van der Waals surface area contributed by atoms with Gasteiger partial charge in [-0.2, -0.15) is 4.98 Å². The van der Waals surface area contributed by atoms with Crippen LogP contribution in [0.5, 0.6) is 11.8 Å². The third-order valence-electron chi connectivity index (χ3n) is 1.76. The number of hydrogen-bond donors (Lipinski definition) is 1. The van der Waals surface area contributed by atoms with Gasteiger partial charge in [-0.25, -0.2) is 0 Å². The Labute approximate surface area is 113 Å². The van der Waals surface area contributed by atoms with Crippen molar-refractivity contribution in [2.75, 3.05) is 7.11 Å². The van der Waals surface area contributed by atoms with Gasteiger partial charge in [-0.15, -0.1) is 13.2 Å². The van der Waals surface area contributed by atoms with Crippen LogP contribution < -0.4 is 9.47 Å². The van der Waals surface area contributed by atoms with E-state index in [1.54, 1.807) is 22.6 Å². The monoisotopic (exact) mass is 377 g/mol. The molecule has 1 rings (SSSR count). The van der Waals surface area contributed by atoms with Gasteiger partial charge in [-0.1, -0.05) is 0 Å². The normalized spacial score (nSPS) is 11.2. The number of ether oxygens (including phenoxy) is 2. The average molecular weight is 377 g/mol. The van der Waals surface area contributed by atoms with Crippen LogP contribution in [0.2, 0.25) is 0 Å². The summed E-state index contributed by atoms with van der Waals surface area (Å²) < 4.78 is 45.2. The van der Waals surface area contributed by atoms with Gasteiger partial charge in [-0.05, 0) is 22.6 Å². The maximum absolute atomic E-state index is 12.2. The molecule has 1 aromatic heterocycles. The molecular weight excluding hydrogens is 370 g/mol. The fraction of sp³-hybridized carbons (Fsp3) is 0.333. The van der Waals surface area contributed by atoms with Crippen molar-refractivity contribution in [1.82, 2.24) is 4.98 Å². The van der Waals surface area contributed by atoms with Crippen LogP contribution in [0, 0.1) is 3.57 Å². The van der Waals surface area contributed by atoms with Crippen LogP contribution in [0.3, 0.4) is 0 Å². The fourth-order valence-electron chi connectivity index (χ4n) is 1.11. The molecule has 0 saturated heterocycles. The maximum Gasteiger partial charge on any atom is 0.574 e. The molecule has 0 aromatic carbocycles. The number of alkyl halides is 3. The smallest absolute Gasteiger partial charge is 0.481 e. The largest absolute Gasteiger partial charge is 0.574 e. The zero-order valence-electron chi connectivity index (χ0n) is 8.92. The third-order valence-corrected chi connectivity index (χ3v) is 2.72. The van der Waals surface area contributed by atoms with Gasteiger partial charge in [0.25, 0.3) is 0 Å². The zero-order chi connectivity index (χ0) is 13.9. The van der Waals surface area contributed by atoms with Crippen molar-refractivity contribution in [3.63, 3.8) is 0 Å². The number of rotatable bonds is 4. The van der Waals surface area contributed by atoms with Gasteiger partial charge in [0.15, 0.2) is 0 Å². The number of carboxylic acids is 1. The molecule has 0 aliphatic rings. The highest BCUT2D eigenvalue weighted by Gasteiger charge is 2.34. The van der Waals surface area contributed by atoms with Crippen molar-refractivity contribution in [2.45, 2.75) is 12.8 Å². The lowest BCUT2D eigenvalue weighted by molar-refractivity contribution is -0.276. The molecule has 0 spiro atoms. The molecule has 0 aliphatic carbocycles. The molecule has 0 fully saturated rings. The van der Waals surface area contributed by atoms with Gasteiger partial charge in [0.05, 0.1) is 13.5 Å². The predicted molar refractivity (Wildman–Crippen MR) is 61.5 cm³/mol. The van der Waals surface area contributed by atoms with E-state index >= 15 is 0 Å². The Morgan fingerprint density at radius 3 is 2.61 bits per heavy atom. The quantitative estimate of drug-likeness (QED) is 0.816. The third kappa shape index (κ3) is 4.20. The number of pyridine rings is 1. The molecule has 0 saturated carbocycles. The van der Waals surface area contributed by atoms with Crippen molar-refractivity contribution >= 4 is 28.6 Å². The molecule has 5 nitrogen and oxygen atoms in total. The van der Waals surface area contributed by atoms with Crippen LogP contribution in [0.25, 0.3) is 0 Å². The molecule has 9 heteroatoms. The minimum atomic E-state index is -4.95. The van der Waals surface area contributed by atoms with E-state index < -0.39 is 24.6 Å². The molecule has 0 atom stereocenters. The summed E-state index contributed by atoms with van der Waals surface area (Å²) in [5, 5.41) is 8.64. The molecule has 0 bridgehead atoms. The van der Waals surface area contributed by atoms with Gasteiger partial charge >= 0.3 is 12.3 Å². The first-order valence-corrected chi connectivity index (χ1v) is 5.51. The molecule has 1 aromatic rings. The van der Waals surface area contributed by atoms with E-state index in [1.165, 1.54) is 13.2 Å². The summed E-state index contributed by atoms with van der Waals surface area (Å²) in [6, 6.07) is 1.32. The summed E-state index contributed by atoms with van der Waals surface area (Å²) in [4.78, 5) is 14.1. The number of carbonyl (C=O) groups is 1. The number of carboxylic acid groups (broad SMARTS) is 1. The Hall–Kier alpha value is -1.26. The van der Waals surface area contributed by atoms with Crippen molar-refractivity contribution in [1.29, 1.82) is 0 Å². The van der Waals surface area contributed by atoms with Crippen molar-refractivity contribution in [3.8, 4) is 11.8 Å². The van der Waals surface area contributed by atoms with Gasteiger partial charge in [0.2, 0.25) is 11.8 Å². The molecule has 0 radical (unpaired) electrons. The summed E-state index contributed by atoms with van der Waals surface area (Å²) >= 11 is 1.69. The molecule has 1 N–H and O–H groups in total. The van der Waals surface area contributed by atoms with Crippen LogP contribution in [0.15, 0.2) is 6.07 Å². The Morgan fingerprint density at radius 1 is 1.56 bits per heavy atom. The van der Waals surface area contributed by atoms with Gasteiger partial charge in [-0.3, -0.25) is 4.79 Å². The van der Waals surface area contributed by atoms with Crippen LogP contribution in [-0.2, 0) is 11.2 Å². The fourth-order valence-corrected chi connectivity index (χ4v) is 1.80. The minimum Gasteiger partial charge on any atom is -0.481 e. The number of methoxy groups -OCH3 is 1. The Balaban J connectivity index is 3.24. The van der Waals surface area contributed by atoms with E-state index in [0.717, 1.165) is 0 Å². The minimum absolute atomic E-state index is 0.0900. The zero-order valence-corrected chi connectivity index (χ0v) is 11.1. The molecule has 0 unspecified atom stereocenters. The predicted octanol–water partition coefficient (Wildman–Crippen LogP) is 2.22. The summed E-state index contributed by atoms with van der Waals surface area (Å²) in [5.74, 6) is -2.19. The van der Waals surface area contributed by atoms with Crippen LogP contribution in [-0.4, -0.2) is 29.5 Å². The molecule has 0 amide bonds.